The summed E-state index contributed by atoms with van der Waals surface area (Å²) >= 11 is 0. The molecule has 0 aliphatic carbocycles. The largest absolute Gasteiger partial charge is 0.430 e. The molecule has 0 unspecified atom stereocenters. The molecular weight excluding hydrogens is 310 g/mol. The molecule has 1 nitrogen and oxygen atoms in total. The van der Waals surface area contributed by atoms with Gasteiger partial charge in [-0.25, -0.2) is 0 Å². The van der Waals surface area contributed by atoms with Crippen LogP contribution in [0.4, 0.5) is 26.3 Å². The van der Waals surface area contributed by atoms with Crippen molar-refractivity contribution in [2.24, 2.45) is 0 Å². The van der Waals surface area contributed by atoms with E-state index in [1.807, 2.05) is 0 Å². The zero-order valence-electron chi connectivity index (χ0n) is 11.5. The molecule has 0 saturated carbocycles. The quantitative estimate of drug-likeness (QED) is 0.617. The van der Waals surface area contributed by atoms with Crippen molar-refractivity contribution in [3.8, 4) is 0 Å². The Kier molecular flexibility index (Phi) is 5.45. The molecule has 0 aliphatic heterocycles. The van der Waals surface area contributed by atoms with E-state index in [9.17, 15) is 31.4 Å². The summed E-state index contributed by atoms with van der Waals surface area (Å²) in [4.78, 5) is 0. The SMILES string of the molecule is CCC=CC=C(c1ccccc1)C(O)(C(F)(F)F)C(F)(F)F. The molecule has 1 aromatic rings. The van der Waals surface area contributed by atoms with Gasteiger partial charge < -0.3 is 5.11 Å². The first-order valence-electron chi connectivity index (χ1n) is 6.34. The van der Waals surface area contributed by atoms with Crippen molar-refractivity contribution < 1.29 is 31.4 Å². The molecule has 1 aromatic carbocycles. The minimum atomic E-state index is -5.91. The van der Waals surface area contributed by atoms with Crippen LogP contribution in [0.3, 0.4) is 0 Å². The van der Waals surface area contributed by atoms with Crippen molar-refractivity contribution in [2.75, 3.05) is 0 Å². The van der Waals surface area contributed by atoms with Crippen LogP contribution in [0, 0.1) is 0 Å². The summed E-state index contributed by atoms with van der Waals surface area (Å²) in [5, 5.41) is 9.54. The van der Waals surface area contributed by atoms with E-state index in [4.69, 9.17) is 0 Å². The fraction of sp³-hybridized carbons (Fsp3) is 0.333. The average Bonchev–Trinajstić information content (AvgIpc) is 2.41. The molecule has 0 spiro atoms. The van der Waals surface area contributed by atoms with Gasteiger partial charge in [0.1, 0.15) is 0 Å². The highest BCUT2D eigenvalue weighted by Gasteiger charge is 2.72. The van der Waals surface area contributed by atoms with E-state index in [1.54, 1.807) is 6.92 Å². The van der Waals surface area contributed by atoms with E-state index < -0.39 is 23.5 Å². The molecule has 7 heteroatoms. The maximum Gasteiger partial charge on any atom is 0.430 e. The van der Waals surface area contributed by atoms with Gasteiger partial charge in [-0.05, 0) is 12.0 Å². The van der Waals surface area contributed by atoms with Crippen molar-refractivity contribution >= 4 is 5.57 Å². The van der Waals surface area contributed by atoms with Crippen LogP contribution < -0.4 is 0 Å². The van der Waals surface area contributed by atoms with Gasteiger partial charge in [-0.15, -0.1) is 0 Å². The van der Waals surface area contributed by atoms with Crippen LogP contribution in [-0.4, -0.2) is 23.1 Å². The summed E-state index contributed by atoms with van der Waals surface area (Å²) in [7, 11) is 0. The normalized spacial score (nSPS) is 14.6. The third-order valence-electron chi connectivity index (χ3n) is 2.93. The highest BCUT2D eigenvalue weighted by Crippen LogP contribution is 2.50. The molecule has 0 saturated heterocycles. The molecule has 0 atom stereocenters. The first-order valence-corrected chi connectivity index (χ1v) is 6.34. The summed E-state index contributed by atoms with van der Waals surface area (Å²) in [6, 6.07) is 6.19. The van der Waals surface area contributed by atoms with E-state index in [0.717, 1.165) is 18.2 Å². The first-order chi connectivity index (χ1) is 10.1. The second-order valence-electron chi connectivity index (χ2n) is 4.49. The number of alkyl halides is 6. The maximum atomic E-state index is 13.0. The summed E-state index contributed by atoms with van der Waals surface area (Å²) in [5.74, 6) is 0. The van der Waals surface area contributed by atoms with Gasteiger partial charge in [0.25, 0.3) is 5.60 Å². The van der Waals surface area contributed by atoms with Gasteiger partial charge in [-0.3, -0.25) is 0 Å². The van der Waals surface area contributed by atoms with Crippen LogP contribution in [-0.2, 0) is 0 Å². The van der Waals surface area contributed by atoms with Gasteiger partial charge in [0.05, 0.1) is 0 Å². The fourth-order valence-corrected chi connectivity index (χ4v) is 1.81. The lowest BCUT2D eigenvalue weighted by molar-refractivity contribution is -0.342. The molecule has 0 heterocycles. The van der Waals surface area contributed by atoms with Crippen LogP contribution in [0.15, 0.2) is 48.6 Å². The Hall–Kier alpha value is -1.76. The zero-order valence-corrected chi connectivity index (χ0v) is 11.5. The molecule has 122 valence electrons. The maximum absolute atomic E-state index is 13.0. The topological polar surface area (TPSA) is 20.2 Å². The summed E-state index contributed by atoms with van der Waals surface area (Å²) in [6.07, 6.45) is -8.31. The summed E-state index contributed by atoms with van der Waals surface area (Å²) in [5.41, 5.74) is -6.57. The molecule has 0 amide bonds. The Morgan fingerprint density at radius 3 is 1.91 bits per heavy atom. The van der Waals surface area contributed by atoms with Gasteiger partial charge in [-0.2, -0.15) is 26.3 Å². The van der Waals surface area contributed by atoms with Crippen LogP contribution in [0.1, 0.15) is 18.9 Å². The van der Waals surface area contributed by atoms with E-state index in [0.29, 0.717) is 12.5 Å². The Bertz CT molecular complexity index is 525. The highest BCUT2D eigenvalue weighted by atomic mass is 19.4. The van der Waals surface area contributed by atoms with Crippen LogP contribution in [0.5, 0.6) is 0 Å². The van der Waals surface area contributed by atoms with Gasteiger partial charge >= 0.3 is 12.4 Å². The molecule has 1 N–H and O–H groups in total. The third kappa shape index (κ3) is 3.52. The number of hydrogen-bond acceptors (Lipinski definition) is 1. The van der Waals surface area contributed by atoms with Crippen LogP contribution in [0.25, 0.3) is 5.57 Å². The van der Waals surface area contributed by atoms with Gasteiger partial charge in [0.2, 0.25) is 0 Å². The second kappa shape index (κ2) is 6.56. The Morgan fingerprint density at radius 2 is 1.50 bits per heavy atom. The molecule has 0 aliphatic rings. The van der Waals surface area contributed by atoms with E-state index in [2.05, 4.69) is 0 Å². The van der Waals surface area contributed by atoms with Crippen LogP contribution in [0.2, 0.25) is 0 Å². The van der Waals surface area contributed by atoms with Gasteiger partial charge in [-0.1, -0.05) is 55.5 Å². The van der Waals surface area contributed by atoms with Crippen molar-refractivity contribution in [3.05, 3.63) is 54.1 Å². The molecule has 0 radical (unpaired) electrons. The minimum absolute atomic E-state index is 0.361. The van der Waals surface area contributed by atoms with Gasteiger partial charge in [0, 0.05) is 5.57 Å². The summed E-state index contributed by atoms with van der Waals surface area (Å²) < 4.78 is 78.1. The van der Waals surface area contributed by atoms with E-state index in [-0.39, 0.29) is 5.56 Å². The minimum Gasteiger partial charge on any atom is -0.369 e. The van der Waals surface area contributed by atoms with Crippen molar-refractivity contribution in [1.82, 2.24) is 0 Å². The molecule has 0 fully saturated rings. The number of allylic oxidation sites excluding steroid dienone is 3. The van der Waals surface area contributed by atoms with Crippen molar-refractivity contribution in [3.63, 3.8) is 0 Å². The lowest BCUT2D eigenvalue weighted by Gasteiger charge is -2.34. The predicted molar refractivity (Wildman–Crippen MR) is 70.9 cm³/mol. The van der Waals surface area contributed by atoms with E-state index in [1.165, 1.54) is 24.3 Å². The molecule has 0 bridgehead atoms. The predicted octanol–water partition coefficient (Wildman–Crippen LogP) is 4.89. The third-order valence-corrected chi connectivity index (χ3v) is 2.93. The number of hydrogen-bond donors (Lipinski definition) is 1. The van der Waals surface area contributed by atoms with Crippen LogP contribution >= 0.6 is 0 Å². The highest BCUT2D eigenvalue weighted by molar-refractivity contribution is 5.75. The smallest absolute Gasteiger partial charge is 0.369 e. The molecular formula is C15H14F6O. The summed E-state index contributed by atoms with van der Waals surface area (Å²) in [6.45, 7) is 1.67. The standard InChI is InChI=1S/C15H14F6O/c1-2-3-5-10-12(11-8-6-4-7-9-11)13(22,14(16,17)18)15(19,20)21/h3-10,22H,2H2,1H3. The average molecular weight is 324 g/mol. The Balaban J connectivity index is 3.60. The molecule has 1 rings (SSSR count). The number of halogens is 6. The number of benzene rings is 1. The number of rotatable bonds is 4. The fourth-order valence-electron chi connectivity index (χ4n) is 1.81. The lowest BCUT2D eigenvalue weighted by atomic mass is 9.86. The van der Waals surface area contributed by atoms with Crippen molar-refractivity contribution in [1.29, 1.82) is 0 Å². The lowest BCUT2D eigenvalue weighted by Crippen LogP contribution is -2.57. The second-order valence-corrected chi connectivity index (χ2v) is 4.49. The zero-order chi connectivity index (χ0) is 17.0. The monoisotopic (exact) mass is 324 g/mol. The van der Waals surface area contributed by atoms with Gasteiger partial charge in [0.15, 0.2) is 0 Å². The first kappa shape index (κ1) is 18.3. The Labute approximate surface area is 123 Å². The molecule has 22 heavy (non-hydrogen) atoms. The van der Waals surface area contributed by atoms with E-state index >= 15 is 0 Å². The van der Waals surface area contributed by atoms with Crippen molar-refractivity contribution in [2.45, 2.75) is 31.3 Å². The Morgan fingerprint density at radius 1 is 1.00 bits per heavy atom. The number of aliphatic hydroxyl groups is 1. The molecule has 0 aromatic heterocycles.